The molecular weight excluding hydrogens is 230 g/mol. The van der Waals surface area contributed by atoms with Gasteiger partial charge in [0, 0.05) is 0 Å². The highest BCUT2D eigenvalue weighted by atomic mass is 16.5. The van der Waals surface area contributed by atoms with Crippen LogP contribution in [0, 0.1) is 11.3 Å². The first kappa shape index (κ1) is 13.8. The molecule has 4 heteroatoms. The van der Waals surface area contributed by atoms with Crippen LogP contribution >= 0.6 is 0 Å². The van der Waals surface area contributed by atoms with Crippen molar-refractivity contribution < 1.29 is 14.6 Å². The summed E-state index contributed by atoms with van der Waals surface area (Å²) in [7, 11) is 0. The van der Waals surface area contributed by atoms with Crippen LogP contribution in [0.4, 0.5) is 0 Å². The summed E-state index contributed by atoms with van der Waals surface area (Å²) in [6.45, 7) is 2.74. The molecule has 0 N–H and O–H groups in total. The lowest BCUT2D eigenvalue weighted by molar-refractivity contribution is -0.298. The zero-order valence-electron chi connectivity index (χ0n) is 10.2. The van der Waals surface area contributed by atoms with Crippen LogP contribution in [0.1, 0.15) is 25.3 Å². The van der Waals surface area contributed by atoms with E-state index in [1.165, 1.54) is 6.08 Å². The standard InChI is InChI=1S/C14H15NO3/c1-2-3-8-18-13-6-4-11(5-7-13)9-12(10-15)14(16)17/h4-7,9H,2-3,8H2,1H3,(H,16,17)/p-1/b12-9+. The average molecular weight is 244 g/mol. The van der Waals surface area contributed by atoms with E-state index in [-0.39, 0.29) is 0 Å². The van der Waals surface area contributed by atoms with Crippen molar-refractivity contribution in [3.63, 3.8) is 0 Å². The van der Waals surface area contributed by atoms with E-state index in [0.717, 1.165) is 18.6 Å². The molecule has 1 aromatic rings. The molecule has 0 aliphatic rings. The number of carboxylic acid groups (broad SMARTS) is 1. The quantitative estimate of drug-likeness (QED) is 0.432. The number of benzene rings is 1. The third kappa shape index (κ3) is 4.30. The molecule has 0 radical (unpaired) electrons. The molecule has 0 spiro atoms. The molecule has 0 atom stereocenters. The normalized spacial score (nSPS) is 10.8. The summed E-state index contributed by atoms with van der Waals surface area (Å²) in [5.41, 5.74) is 0.230. The van der Waals surface area contributed by atoms with Gasteiger partial charge in [0.2, 0.25) is 0 Å². The Morgan fingerprint density at radius 1 is 1.44 bits per heavy atom. The number of hydrogen-bond donors (Lipinski definition) is 0. The minimum absolute atomic E-state index is 0.394. The van der Waals surface area contributed by atoms with E-state index in [0.29, 0.717) is 12.2 Å². The smallest absolute Gasteiger partial charge is 0.119 e. The molecule has 18 heavy (non-hydrogen) atoms. The first-order valence-electron chi connectivity index (χ1n) is 5.73. The van der Waals surface area contributed by atoms with Crippen LogP contribution in [0.25, 0.3) is 6.08 Å². The molecule has 0 amide bonds. The van der Waals surface area contributed by atoms with E-state index >= 15 is 0 Å². The Kier molecular flexibility index (Phi) is 5.46. The number of carbonyl (C=O) groups is 1. The molecule has 4 nitrogen and oxygen atoms in total. The molecule has 1 aromatic carbocycles. The number of rotatable bonds is 6. The van der Waals surface area contributed by atoms with Gasteiger partial charge >= 0.3 is 0 Å². The van der Waals surface area contributed by atoms with Crippen molar-refractivity contribution in [3.05, 3.63) is 35.4 Å². The SMILES string of the molecule is CCCCOc1ccc(/C=C(\C#N)C(=O)[O-])cc1. The second-order valence-electron chi connectivity index (χ2n) is 3.73. The van der Waals surface area contributed by atoms with Crippen molar-refractivity contribution in [3.8, 4) is 11.8 Å². The zero-order valence-corrected chi connectivity index (χ0v) is 10.2. The van der Waals surface area contributed by atoms with E-state index in [1.54, 1.807) is 30.3 Å². The molecule has 0 bridgehead atoms. The van der Waals surface area contributed by atoms with Crippen molar-refractivity contribution >= 4 is 12.0 Å². The van der Waals surface area contributed by atoms with Gasteiger partial charge in [-0.1, -0.05) is 25.5 Å². The summed E-state index contributed by atoms with van der Waals surface area (Å²) in [6, 6.07) is 8.45. The summed E-state index contributed by atoms with van der Waals surface area (Å²) in [6.07, 6.45) is 3.33. The highest BCUT2D eigenvalue weighted by molar-refractivity contribution is 5.95. The molecule has 0 aliphatic carbocycles. The Labute approximate surface area is 106 Å². The van der Waals surface area contributed by atoms with Crippen LogP contribution in [0.3, 0.4) is 0 Å². The number of unbranched alkanes of at least 4 members (excludes halogenated alkanes) is 1. The van der Waals surface area contributed by atoms with Crippen LogP contribution in [0.2, 0.25) is 0 Å². The van der Waals surface area contributed by atoms with Gasteiger partial charge < -0.3 is 14.6 Å². The fourth-order valence-electron chi connectivity index (χ4n) is 1.30. The van der Waals surface area contributed by atoms with Gasteiger partial charge in [0.25, 0.3) is 0 Å². The monoisotopic (exact) mass is 244 g/mol. The van der Waals surface area contributed by atoms with Crippen LogP contribution in [-0.4, -0.2) is 12.6 Å². The van der Waals surface area contributed by atoms with E-state index in [9.17, 15) is 9.90 Å². The first-order valence-corrected chi connectivity index (χ1v) is 5.73. The maximum atomic E-state index is 10.5. The van der Waals surface area contributed by atoms with Gasteiger partial charge in [-0.05, 0) is 30.2 Å². The van der Waals surface area contributed by atoms with E-state index < -0.39 is 11.5 Å². The fourth-order valence-corrected chi connectivity index (χ4v) is 1.30. The Hall–Kier alpha value is -2.28. The van der Waals surface area contributed by atoms with Crippen LogP contribution in [-0.2, 0) is 4.79 Å². The summed E-state index contributed by atoms with van der Waals surface area (Å²) in [4.78, 5) is 10.5. The van der Waals surface area contributed by atoms with Crippen LogP contribution in [0.15, 0.2) is 29.8 Å². The van der Waals surface area contributed by atoms with Gasteiger partial charge in [0.1, 0.15) is 11.8 Å². The lowest BCUT2D eigenvalue weighted by Crippen LogP contribution is -2.23. The number of carboxylic acids is 1. The van der Waals surface area contributed by atoms with Crippen LogP contribution < -0.4 is 9.84 Å². The summed E-state index contributed by atoms with van der Waals surface area (Å²) in [5.74, 6) is -0.742. The molecule has 94 valence electrons. The average Bonchev–Trinajstić information content (AvgIpc) is 2.37. The Morgan fingerprint density at radius 2 is 2.11 bits per heavy atom. The summed E-state index contributed by atoms with van der Waals surface area (Å²) >= 11 is 0. The second kappa shape index (κ2) is 7.13. The zero-order chi connectivity index (χ0) is 13.4. The third-order valence-electron chi connectivity index (χ3n) is 2.30. The number of nitrogens with zero attached hydrogens (tertiary/aromatic N) is 1. The minimum atomic E-state index is -1.47. The van der Waals surface area contributed by atoms with Crippen molar-refractivity contribution in [2.75, 3.05) is 6.61 Å². The number of hydrogen-bond acceptors (Lipinski definition) is 4. The third-order valence-corrected chi connectivity index (χ3v) is 2.30. The van der Waals surface area contributed by atoms with Gasteiger partial charge in [-0.2, -0.15) is 5.26 Å². The first-order chi connectivity index (χ1) is 8.67. The number of carbonyl (C=O) groups excluding carboxylic acids is 1. The topological polar surface area (TPSA) is 73.1 Å². The Balaban J connectivity index is 2.71. The van der Waals surface area contributed by atoms with Crippen molar-refractivity contribution in [2.45, 2.75) is 19.8 Å². The molecule has 0 unspecified atom stereocenters. The highest BCUT2D eigenvalue weighted by Gasteiger charge is 1.98. The van der Waals surface area contributed by atoms with E-state index in [1.807, 2.05) is 0 Å². The predicted octanol–water partition coefficient (Wildman–Crippen LogP) is 1.52. The van der Waals surface area contributed by atoms with Crippen LogP contribution in [0.5, 0.6) is 5.75 Å². The van der Waals surface area contributed by atoms with E-state index in [4.69, 9.17) is 10.00 Å². The molecule has 0 heterocycles. The number of nitriles is 1. The Morgan fingerprint density at radius 3 is 2.61 bits per heavy atom. The molecular formula is C14H14NO3-. The molecule has 0 saturated heterocycles. The molecule has 0 saturated carbocycles. The van der Waals surface area contributed by atoms with Crippen molar-refractivity contribution in [1.82, 2.24) is 0 Å². The van der Waals surface area contributed by atoms with E-state index in [2.05, 4.69) is 6.92 Å². The van der Waals surface area contributed by atoms with Gasteiger partial charge in [-0.3, -0.25) is 0 Å². The molecule has 0 aliphatic heterocycles. The van der Waals surface area contributed by atoms with Gasteiger partial charge in [-0.25, -0.2) is 0 Å². The van der Waals surface area contributed by atoms with Gasteiger partial charge in [-0.15, -0.1) is 0 Å². The Bertz CT molecular complexity index is 469. The fraction of sp³-hybridized carbons (Fsp3) is 0.286. The van der Waals surface area contributed by atoms with Crippen molar-refractivity contribution in [1.29, 1.82) is 5.26 Å². The number of aliphatic carboxylic acids is 1. The molecule has 1 rings (SSSR count). The summed E-state index contributed by atoms with van der Waals surface area (Å²) < 4.78 is 5.47. The second-order valence-corrected chi connectivity index (χ2v) is 3.73. The predicted molar refractivity (Wildman–Crippen MR) is 65.4 cm³/mol. The molecule has 0 fully saturated rings. The maximum absolute atomic E-state index is 10.5. The van der Waals surface area contributed by atoms with Crippen molar-refractivity contribution in [2.24, 2.45) is 0 Å². The van der Waals surface area contributed by atoms with Gasteiger partial charge in [0.05, 0.1) is 18.1 Å². The lowest BCUT2D eigenvalue weighted by Gasteiger charge is -2.05. The summed E-state index contributed by atoms with van der Waals surface area (Å²) in [5, 5.41) is 19.1. The van der Waals surface area contributed by atoms with Gasteiger partial charge in [0.15, 0.2) is 0 Å². The maximum Gasteiger partial charge on any atom is 0.119 e. The lowest BCUT2D eigenvalue weighted by atomic mass is 10.1. The highest BCUT2D eigenvalue weighted by Crippen LogP contribution is 2.14. The minimum Gasteiger partial charge on any atom is -0.544 e. The largest absolute Gasteiger partial charge is 0.544 e. The number of ether oxygens (including phenoxy) is 1. The molecule has 0 aromatic heterocycles.